The highest BCUT2D eigenvalue weighted by atomic mass is 32.2. The molecule has 1 amide bonds. The summed E-state index contributed by atoms with van der Waals surface area (Å²) >= 11 is 0. The molecule has 0 saturated carbocycles. The van der Waals surface area contributed by atoms with Gasteiger partial charge in [0.15, 0.2) is 0 Å². The van der Waals surface area contributed by atoms with Gasteiger partial charge in [0.2, 0.25) is 10.0 Å². The number of alkyl carbamates (subject to hydrolysis) is 1. The smallest absolute Gasteiger partial charge is 0.444 e. The molecule has 14 heteroatoms. The molecule has 3 atom stereocenters. The third-order valence-electron chi connectivity index (χ3n) is 6.49. The Kier molecular flexibility index (Phi) is 12.1. The van der Waals surface area contributed by atoms with Crippen molar-refractivity contribution in [2.24, 2.45) is 5.92 Å². The first-order valence-corrected chi connectivity index (χ1v) is 15.8. The summed E-state index contributed by atoms with van der Waals surface area (Å²) in [5, 5.41) is 13.9. The lowest BCUT2D eigenvalue weighted by atomic mass is 10.0. The van der Waals surface area contributed by atoms with Crippen LogP contribution in [0.25, 0.3) is 0 Å². The SMILES string of the molecule is CC(C)CN(C[C@@H](OC(=O)O[C@H]1CCOC1)[C@H](Cc1ccccc1)NC(=O)OC(C)(C)C)S(=O)(=O)c1ccc([N+](=O)[O-])cc1. The molecule has 1 fully saturated rings. The molecule has 1 N–H and O–H groups in total. The predicted molar refractivity (Wildman–Crippen MR) is 161 cm³/mol. The second-order valence-electron chi connectivity index (χ2n) is 11.9. The molecule has 2 aromatic carbocycles. The third-order valence-corrected chi connectivity index (χ3v) is 8.33. The van der Waals surface area contributed by atoms with Gasteiger partial charge in [-0.3, -0.25) is 10.1 Å². The molecule has 0 radical (unpaired) electrons. The first kappa shape index (κ1) is 34.7. The lowest BCUT2D eigenvalue weighted by Gasteiger charge is -2.33. The summed E-state index contributed by atoms with van der Waals surface area (Å²) in [6.07, 6.45) is -2.92. The Labute approximate surface area is 258 Å². The molecule has 1 aliphatic rings. The van der Waals surface area contributed by atoms with E-state index in [9.17, 15) is 28.1 Å². The van der Waals surface area contributed by atoms with E-state index in [1.54, 1.807) is 20.8 Å². The first-order chi connectivity index (χ1) is 20.6. The maximum absolute atomic E-state index is 13.9. The zero-order chi connectivity index (χ0) is 32.5. The van der Waals surface area contributed by atoms with E-state index in [-0.39, 0.29) is 42.6 Å². The quantitative estimate of drug-likeness (QED) is 0.186. The summed E-state index contributed by atoms with van der Waals surface area (Å²) in [6, 6.07) is 12.7. The molecule has 0 aliphatic carbocycles. The Morgan fingerprint density at radius 1 is 1.09 bits per heavy atom. The van der Waals surface area contributed by atoms with Crippen molar-refractivity contribution in [3.63, 3.8) is 0 Å². The number of carbonyl (C=O) groups excluding carboxylic acids is 2. The highest BCUT2D eigenvalue weighted by Crippen LogP contribution is 2.23. The molecule has 1 saturated heterocycles. The number of rotatable bonds is 13. The van der Waals surface area contributed by atoms with Gasteiger partial charge in [-0.2, -0.15) is 4.31 Å². The number of carbonyl (C=O) groups is 2. The van der Waals surface area contributed by atoms with Crippen molar-refractivity contribution in [2.75, 3.05) is 26.3 Å². The molecule has 13 nitrogen and oxygen atoms in total. The Morgan fingerprint density at radius 2 is 1.75 bits per heavy atom. The van der Waals surface area contributed by atoms with E-state index in [1.165, 1.54) is 0 Å². The second kappa shape index (κ2) is 15.3. The van der Waals surface area contributed by atoms with Gasteiger partial charge in [-0.15, -0.1) is 0 Å². The number of hydrogen-bond acceptors (Lipinski definition) is 10. The van der Waals surface area contributed by atoms with E-state index >= 15 is 0 Å². The number of ether oxygens (including phenoxy) is 4. The molecule has 0 unspecified atom stereocenters. The molecule has 1 heterocycles. The summed E-state index contributed by atoms with van der Waals surface area (Å²) in [4.78, 5) is 36.4. The fourth-order valence-corrected chi connectivity index (χ4v) is 6.13. The van der Waals surface area contributed by atoms with E-state index < -0.39 is 51.0 Å². The van der Waals surface area contributed by atoms with Crippen LogP contribution < -0.4 is 5.32 Å². The van der Waals surface area contributed by atoms with Gasteiger partial charge in [-0.1, -0.05) is 44.2 Å². The van der Waals surface area contributed by atoms with Crippen molar-refractivity contribution in [1.82, 2.24) is 9.62 Å². The van der Waals surface area contributed by atoms with Crippen LogP contribution in [0, 0.1) is 16.0 Å². The average molecular weight is 636 g/mol. The number of nitrogens with one attached hydrogen (secondary N) is 1. The van der Waals surface area contributed by atoms with Crippen molar-refractivity contribution >= 4 is 28.0 Å². The van der Waals surface area contributed by atoms with Gasteiger partial charge in [-0.25, -0.2) is 18.0 Å². The molecule has 242 valence electrons. The van der Waals surface area contributed by atoms with E-state index in [2.05, 4.69) is 5.32 Å². The first-order valence-electron chi connectivity index (χ1n) is 14.4. The third kappa shape index (κ3) is 10.8. The summed E-state index contributed by atoms with van der Waals surface area (Å²) in [7, 11) is -4.24. The molecular formula is C30H41N3O10S. The van der Waals surface area contributed by atoms with Crippen molar-refractivity contribution in [2.45, 2.75) is 76.2 Å². The van der Waals surface area contributed by atoms with E-state index in [1.807, 2.05) is 44.2 Å². The normalized spacial score (nSPS) is 16.8. The zero-order valence-corrected chi connectivity index (χ0v) is 26.4. The van der Waals surface area contributed by atoms with Crippen molar-refractivity contribution in [3.8, 4) is 0 Å². The largest absolute Gasteiger partial charge is 0.509 e. The standard InChI is InChI=1S/C30H41N3O10S/c1-21(2)18-32(44(38,39)25-13-11-23(12-14-25)33(36)37)19-27(42-29(35)41-24-15-16-40-20-24)26(17-22-9-7-6-8-10-22)31-28(34)43-30(3,4)5/h6-14,21,24,26-27H,15-20H2,1-5H3,(H,31,34)/t24-,26-,27+/m0/s1. The predicted octanol–water partition coefficient (Wildman–Crippen LogP) is 4.69. The summed E-state index contributed by atoms with van der Waals surface area (Å²) in [5.74, 6) is -0.155. The Balaban J connectivity index is 2.01. The number of sulfonamides is 1. The van der Waals surface area contributed by atoms with Crippen LogP contribution in [-0.4, -0.2) is 80.0 Å². The summed E-state index contributed by atoms with van der Waals surface area (Å²) in [6.45, 7) is 9.05. The lowest BCUT2D eigenvalue weighted by molar-refractivity contribution is -0.384. The molecule has 0 bridgehead atoms. The second-order valence-corrected chi connectivity index (χ2v) is 13.9. The van der Waals surface area contributed by atoms with E-state index in [0.29, 0.717) is 13.0 Å². The minimum atomic E-state index is -4.24. The average Bonchev–Trinajstić information content (AvgIpc) is 3.44. The number of non-ortho nitro benzene ring substituents is 1. The number of nitro groups is 1. The lowest BCUT2D eigenvalue weighted by Crippen LogP contribution is -2.53. The van der Waals surface area contributed by atoms with Gasteiger partial charge in [0, 0.05) is 25.1 Å². The van der Waals surface area contributed by atoms with Gasteiger partial charge in [0.25, 0.3) is 5.69 Å². The monoisotopic (exact) mass is 635 g/mol. The molecule has 0 spiro atoms. The number of nitro benzene ring substituents is 1. The highest BCUT2D eigenvalue weighted by molar-refractivity contribution is 7.89. The highest BCUT2D eigenvalue weighted by Gasteiger charge is 2.36. The Morgan fingerprint density at radius 3 is 2.30 bits per heavy atom. The number of benzene rings is 2. The van der Waals surface area contributed by atoms with Crippen LogP contribution in [0.3, 0.4) is 0 Å². The Bertz CT molecular complexity index is 1360. The molecule has 44 heavy (non-hydrogen) atoms. The Hall–Kier alpha value is -3.75. The van der Waals surface area contributed by atoms with Gasteiger partial charge >= 0.3 is 12.2 Å². The summed E-state index contributed by atoms with van der Waals surface area (Å²) < 4.78 is 50.9. The number of nitrogens with zero attached hydrogens (tertiary/aromatic N) is 2. The maximum Gasteiger partial charge on any atom is 0.509 e. The van der Waals surface area contributed by atoms with Crippen LogP contribution in [0.5, 0.6) is 0 Å². The van der Waals surface area contributed by atoms with Crippen molar-refractivity contribution in [1.29, 1.82) is 0 Å². The molecule has 1 aliphatic heterocycles. The minimum Gasteiger partial charge on any atom is -0.444 e. The molecule has 2 aromatic rings. The van der Waals surface area contributed by atoms with Gasteiger partial charge < -0.3 is 24.3 Å². The van der Waals surface area contributed by atoms with Crippen LogP contribution in [-0.2, 0) is 35.4 Å². The van der Waals surface area contributed by atoms with Gasteiger partial charge in [0.1, 0.15) is 17.8 Å². The molecule has 0 aromatic heterocycles. The minimum absolute atomic E-state index is 0.0230. The van der Waals surface area contributed by atoms with Crippen LogP contribution in [0.15, 0.2) is 59.5 Å². The van der Waals surface area contributed by atoms with Crippen LogP contribution >= 0.6 is 0 Å². The zero-order valence-electron chi connectivity index (χ0n) is 25.6. The van der Waals surface area contributed by atoms with Gasteiger partial charge in [0.05, 0.1) is 35.6 Å². The maximum atomic E-state index is 13.9. The van der Waals surface area contributed by atoms with Gasteiger partial charge in [-0.05, 0) is 50.8 Å². The fraction of sp³-hybridized carbons (Fsp3) is 0.533. The number of hydrogen-bond donors (Lipinski definition) is 1. The van der Waals surface area contributed by atoms with Crippen LogP contribution in [0.4, 0.5) is 15.3 Å². The molecular weight excluding hydrogens is 594 g/mol. The topological polar surface area (TPSA) is 164 Å². The van der Waals surface area contributed by atoms with E-state index in [0.717, 1.165) is 34.1 Å². The number of amides is 1. The fourth-order valence-electron chi connectivity index (χ4n) is 4.51. The molecule has 3 rings (SSSR count). The summed E-state index contributed by atoms with van der Waals surface area (Å²) in [5.41, 5.74) is -0.306. The van der Waals surface area contributed by atoms with Crippen molar-refractivity contribution in [3.05, 3.63) is 70.3 Å². The van der Waals surface area contributed by atoms with E-state index in [4.69, 9.17) is 18.9 Å². The van der Waals surface area contributed by atoms with Crippen LogP contribution in [0.2, 0.25) is 0 Å². The van der Waals surface area contributed by atoms with Crippen molar-refractivity contribution < 1.29 is 41.9 Å². The van der Waals surface area contributed by atoms with Crippen LogP contribution in [0.1, 0.15) is 46.6 Å².